The van der Waals surface area contributed by atoms with Gasteiger partial charge < -0.3 is 16.4 Å². The van der Waals surface area contributed by atoms with Gasteiger partial charge in [0.15, 0.2) is 0 Å². The Hall–Kier alpha value is -1.64. The van der Waals surface area contributed by atoms with E-state index in [1.165, 1.54) is 37.7 Å². The molecule has 1 aromatic carbocycles. The van der Waals surface area contributed by atoms with E-state index in [2.05, 4.69) is 25.8 Å². The van der Waals surface area contributed by atoms with Gasteiger partial charge in [-0.25, -0.2) is 4.98 Å². The van der Waals surface area contributed by atoms with Gasteiger partial charge in [-0.05, 0) is 30.5 Å². The summed E-state index contributed by atoms with van der Waals surface area (Å²) in [4.78, 5) is 13.3. The number of nitrogens with zero attached hydrogens (tertiary/aromatic N) is 4. The third-order valence-corrected chi connectivity index (χ3v) is 7.43. The zero-order valence-electron chi connectivity index (χ0n) is 16.1. The summed E-state index contributed by atoms with van der Waals surface area (Å²) in [5, 5.41) is 0.847. The minimum absolute atomic E-state index is 0.209. The monoisotopic (exact) mass is 416 g/mol. The lowest BCUT2D eigenvalue weighted by atomic mass is 9.94. The van der Waals surface area contributed by atoms with E-state index in [1.54, 1.807) is 11.8 Å². The molecule has 2 fully saturated rings. The van der Waals surface area contributed by atoms with Crippen molar-refractivity contribution in [1.29, 1.82) is 0 Å². The first-order chi connectivity index (χ1) is 13.6. The maximum atomic E-state index is 6.00. The minimum atomic E-state index is 0.209. The van der Waals surface area contributed by atoms with Crippen molar-refractivity contribution in [2.24, 2.45) is 0 Å². The molecule has 0 bridgehead atoms. The van der Waals surface area contributed by atoms with E-state index in [0.29, 0.717) is 5.82 Å². The van der Waals surface area contributed by atoms with Gasteiger partial charge in [0.25, 0.3) is 0 Å². The molecule has 1 aliphatic carbocycles. The van der Waals surface area contributed by atoms with Crippen molar-refractivity contribution in [2.75, 3.05) is 37.6 Å². The van der Waals surface area contributed by atoms with Gasteiger partial charge in [0, 0.05) is 43.4 Å². The zero-order chi connectivity index (χ0) is 19.5. The van der Waals surface area contributed by atoms with E-state index in [9.17, 15) is 0 Å². The highest BCUT2D eigenvalue weighted by atomic mass is 32.2. The van der Waals surface area contributed by atoms with E-state index < -0.39 is 0 Å². The van der Waals surface area contributed by atoms with Crippen LogP contribution >= 0.6 is 24.0 Å². The summed E-state index contributed by atoms with van der Waals surface area (Å²) in [6.07, 6.45) is 6.95. The topological polar surface area (TPSA) is 84.3 Å². The molecule has 4 N–H and O–H groups in total. The Morgan fingerprint density at radius 3 is 2.57 bits per heavy atom. The highest BCUT2D eigenvalue weighted by Crippen LogP contribution is 2.26. The lowest BCUT2D eigenvalue weighted by Gasteiger charge is -2.41. The lowest BCUT2D eigenvalue weighted by molar-refractivity contribution is 0.109. The highest BCUT2D eigenvalue weighted by Gasteiger charge is 2.26. The van der Waals surface area contributed by atoms with Crippen molar-refractivity contribution in [3.63, 3.8) is 0 Å². The zero-order valence-corrected chi connectivity index (χ0v) is 17.8. The van der Waals surface area contributed by atoms with Crippen LogP contribution in [0.25, 0.3) is 10.9 Å². The molecule has 2 aliphatic rings. The highest BCUT2D eigenvalue weighted by molar-refractivity contribution is 8.22. The van der Waals surface area contributed by atoms with E-state index in [1.807, 2.05) is 12.1 Å². The number of piperazine rings is 1. The second-order valence-electron chi connectivity index (χ2n) is 7.69. The molecule has 150 valence electrons. The number of hydrogen-bond acceptors (Lipinski definition) is 7. The van der Waals surface area contributed by atoms with Gasteiger partial charge in [0.1, 0.15) is 10.1 Å². The summed E-state index contributed by atoms with van der Waals surface area (Å²) in [6.45, 7) is 4.35. The molecule has 2 aromatic rings. The number of benzene rings is 1. The molecule has 4 rings (SSSR count). The lowest BCUT2D eigenvalue weighted by Crippen LogP contribution is -2.51. The summed E-state index contributed by atoms with van der Waals surface area (Å²) in [5.41, 5.74) is 13.6. The molecular weight excluding hydrogens is 388 g/mol. The van der Waals surface area contributed by atoms with Crippen molar-refractivity contribution < 1.29 is 0 Å². The molecule has 0 spiro atoms. The number of aromatic nitrogens is 2. The van der Waals surface area contributed by atoms with E-state index in [-0.39, 0.29) is 5.95 Å². The number of thiocarbonyl (C=S) groups is 1. The van der Waals surface area contributed by atoms with Gasteiger partial charge in [-0.3, -0.25) is 4.90 Å². The maximum absolute atomic E-state index is 6.00. The summed E-state index contributed by atoms with van der Waals surface area (Å²) in [7, 11) is 0. The van der Waals surface area contributed by atoms with Crippen LogP contribution in [0.1, 0.15) is 37.7 Å². The molecule has 1 aromatic heterocycles. The van der Waals surface area contributed by atoms with Gasteiger partial charge in [0.2, 0.25) is 5.95 Å². The van der Waals surface area contributed by atoms with Gasteiger partial charge in [0.05, 0.1) is 5.52 Å². The maximum Gasteiger partial charge on any atom is 0.222 e. The van der Waals surface area contributed by atoms with E-state index in [0.717, 1.165) is 53.2 Å². The third-order valence-electron chi connectivity index (χ3n) is 5.83. The number of anilines is 2. The van der Waals surface area contributed by atoms with Crippen molar-refractivity contribution in [2.45, 2.75) is 43.9 Å². The first kappa shape index (κ1) is 19.7. The van der Waals surface area contributed by atoms with Crippen LogP contribution in [0.5, 0.6) is 0 Å². The van der Waals surface area contributed by atoms with Crippen molar-refractivity contribution in [1.82, 2.24) is 19.8 Å². The molecule has 1 saturated carbocycles. The molecule has 0 atom stereocenters. The largest absolute Gasteiger partial charge is 0.383 e. The van der Waals surface area contributed by atoms with Crippen LogP contribution in [0.15, 0.2) is 18.2 Å². The summed E-state index contributed by atoms with van der Waals surface area (Å²) in [5.74, 6) is 1.46. The standard InChI is InChI=1S/C20H28N6S2/c21-18-16-12-14(6-7-17(16)23-19(22)24-18)13-28-20(27)26-10-8-25(9-11-26)15-4-2-1-3-5-15/h6-7,12,15H,1-5,8-11,13H2,(H4,21,22,23,24). The average molecular weight is 417 g/mol. The molecule has 2 heterocycles. The molecule has 0 amide bonds. The number of hydrogen-bond donors (Lipinski definition) is 2. The molecule has 8 heteroatoms. The van der Waals surface area contributed by atoms with Crippen LogP contribution in [-0.2, 0) is 5.75 Å². The summed E-state index contributed by atoms with van der Waals surface area (Å²) < 4.78 is 0.991. The normalized spacial score (nSPS) is 19.2. The van der Waals surface area contributed by atoms with Crippen LogP contribution in [0.3, 0.4) is 0 Å². The fraction of sp³-hybridized carbons (Fsp3) is 0.550. The summed E-state index contributed by atoms with van der Waals surface area (Å²) >= 11 is 7.43. The van der Waals surface area contributed by atoms with Crippen LogP contribution < -0.4 is 11.5 Å². The Labute approximate surface area is 176 Å². The van der Waals surface area contributed by atoms with Gasteiger partial charge in [-0.1, -0.05) is 49.3 Å². The number of rotatable bonds is 3. The van der Waals surface area contributed by atoms with Crippen LogP contribution in [0.2, 0.25) is 0 Å². The molecule has 6 nitrogen and oxygen atoms in total. The number of thioether (sulfide) groups is 1. The van der Waals surface area contributed by atoms with Crippen LogP contribution in [-0.4, -0.2) is 56.3 Å². The van der Waals surface area contributed by atoms with Crippen LogP contribution in [0, 0.1) is 0 Å². The van der Waals surface area contributed by atoms with Crippen LogP contribution in [0.4, 0.5) is 11.8 Å². The molecular formula is C20H28N6S2. The number of nitrogens with two attached hydrogens (primary N) is 2. The second-order valence-corrected chi connectivity index (χ2v) is 9.30. The van der Waals surface area contributed by atoms with E-state index >= 15 is 0 Å². The molecule has 1 aliphatic heterocycles. The Balaban J connectivity index is 1.30. The Bertz CT molecular complexity index is 844. The Morgan fingerprint density at radius 1 is 1.07 bits per heavy atom. The molecule has 1 saturated heterocycles. The van der Waals surface area contributed by atoms with Gasteiger partial charge in [-0.15, -0.1) is 0 Å². The number of fused-ring (bicyclic) bond motifs is 1. The first-order valence-corrected chi connectivity index (χ1v) is 11.5. The Kier molecular flexibility index (Phi) is 6.18. The quantitative estimate of drug-likeness (QED) is 0.738. The fourth-order valence-electron chi connectivity index (χ4n) is 4.26. The SMILES string of the molecule is Nc1nc(N)c2cc(CSC(=S)N3CCN(C4CCCCC4)CC3)ccc2n1. The molecule has 0 radical (unpaired) electrons. The van der Waals surface area contributed by atoms with Crippen molar-refractivity contribution in [3.05, 3.63) is 23.8 Å². The minimum Gasteiger partial charge on any atom is -0.383 e. The first-order valence-electron chi connectivity index (χ1n) is 10.1. The third kappa shape index (κ3) is 4.50. The molecule has 0 unspecified atom stereocenters. The van der Waals surface area contributed by atoms with Gasteiger partial charge >= 0.3 is 0 Å². The fourth-order valence-corrected chi connectivity index (χ4v) is 5.45. The Morgan fingerprint density at radius 2 is 1.82 bits per heavy atom. The predicted octanol–water partition coefficient (Wildman–Crippen LogP) is 3.26. The second kappa shape index (κ2) is 8.80. The smallest absolute Gasteiger partial charge is 0.222 e. The number of nitrogen functional groups attached to an aromatic ring is 2. The van der Waals surface area contributed by atoms with Crippen molar-refractivity contribution in [3.8, 4) is 0 Å². The average Bonchev–Trinajstić information content (AvgIpc) is 2.73. The van der Waals surface area contributed by atoms with Crippen molar-refractivity contribution >= 4 is 51.0 Å². The predicted molar refractivity (Wildman–Crippen MR) is 122 cm³/mol. The summed E-state index contributed by atoms with van der Waals surface area (Å²) in [6, 6.07) is 6.86. The molecule has 28 heavy (non-hydrogen) atoms. The van der Waals surface area contributed by atoms with Gasteiger partial charge in [-0.2, -0.15) is 4.98 Å². The van der Waals surface area contributed by atoms with E-state index in [4.69, 9.17) is 23.7 Å².